The van der Waals surface area contributed by atoms with Crippen molar-refractivity contribution in [3.05, 3.63) is 59.6 Å². The molecular weight excluding hydrogens is 326 g/mol. The second kappa shape index (κ2) is 4.23. The smallest absolute Gasteiger partial charge is 0.261 e. The van der Waals surface area contributed by atoms with Crippen LogP contribution >= 0.6 is 0 Å². The van der Waals surface area contributed by atoms with Gasteiger partial charge in [-0.25, -0.2) is 0 Å². The first-order valence-corrected chi connectivity index (χ1v) is 7.42. The minimum absolute atomic E-state index is 0.0485. The average Bonchev–Trinajstić information content (AvgIpc) is 3.19. The highest BCUT2D eigenvalue weighted by Crippen LogP contribution is 2.35. The van der Waals surface area contributed by atoms with Crippen LogP contribution in [0.5, 0.6) is 5.75 Å². The quantitative estimate of drug-likeness (QED) is 0.414. The molecule has 25 heavy (non-hydrogen) atoms. The third kappa shape index (κ3) is 1.50. The summed E-state index contributed by atoms with van der Waals surface area (Å²) >= 11 is 0. The Morgan fingerprint density at radius 2 is 1.28 bits per heavy atom. The summed E-state index contributed by atoms with van der Waals surface area (Å²) < 4.78 is 5.19. The number of H-pyrrole nitrogens is 3. The number of rotatable bonds is 1. The van der Waals surface area contributed by atoms with E-state index in [1.807, 2.05) is 0 Å². The topological polar surface area (TPSA) is 125 Å². The number of hydrogen-bond acceptors (Lipinski definition) is 5. The highest BCUT2D eigenvalue weighted by Gasteiger charge is 2.23. The first-order chi connectivity index (χ1) is 12.0. The van der Waals surface area contributed by atoms with Crippen molar-refractivity contribution in [2.45, 2.75) is 0 Å². The molecule has 0 atom stereocenters. The van der Waals surface area contributed by atoms with E-state index < -0.39 is 22.2 Å². The predicted octanol–water partition coefficient (Wildman–Crippen LogP) is 0.609. The van der Waals surface area contributed by atoms with Crippen molar-refractivity contribution in [2.24, 2.45) is 0 Å². The SMILES string of the molecule is COc1ccc2c(c1)[nH]c1c3c(=O)[nH]c(=O)c3c3c(=O)[nH]c(=O)c3c21. The van der Waals surface area contributed by atoms with Gasteiger partial charge in [-0.3, -0.25) is 29.1 Å². The molecule has 5 rings (SSSR count). The van der Waals surface area contributed by atoms with Crippen LogP contribution in [-0.2, 0) is 0 Å². The highest BCUT2D eigenvalue weighted by molar-refractivity contribution is 6.31. The first kappa shape index (κ1) is 13.7. The molecule has 5 aromatic rings. The van der Waals surface area contributed by atoms with Crippen molar-refractivity contribution >= 4 is 43.4 Å². The Kier molecular flexibility index (Phi) is 2.33. The second-order valence-corrected chi connectivity index (χ2v) is 5.85. The zero-order valence-corrected chi connectivity index (χ0v) is 12.8. The number of fused-ring (bicyclic) bond motifs is 8. The van der Waals surface area contributed by atoms with E-state index in [1.165, 1.54) is 7.11 Å². The van der Waals surface area contributed by atoms with Gasteiger partial charge < -0.3 is 9.72 Å². The molecule has 8 heteroatoms. The molecule has 122 valence electrons. The van der Waals surface area contributed by atoms with Gasteiger partial charge in [0, 0.05) is 16.8 Å². The molecule has 3 N–H and O–H groups in total. The van der Waals surface area contributed by atoms with Gasteiger partial charge in [0.15, 0.2) is 0 Å². The Morgan fingerprint density at radius 1 is 0.720 bits per heavy atom. The van der Waals surface area contributed by atoms with E-state index in [-0.39, 0.29) is 21.5 Å². The maximum Gasteiger partial charge on any atom is 0.261 e. The van der Waals surface area contributed by atoms with Gasteiger partial charge in [-0.1, -0.05) is 0 Å². The zero-order chi connectivity index (χ0) is 17.5. The average molecular weight is 335 g/mol. The van der Waals surface area contributed by atoms with Gasteiger partial charge in [-0.2, -0.15) is 0 Å². The first-order valence-electron chi connectivity index (χ1n) is 7.42. The van der Waals surface area contributed by atoms with E-state index >= 15 is 0 Å². The molecule has 0 bridgehead atoms. The molecule has 0 aliphatic rings. The molecule has 0 amide bonds. The van der Waals surface area contributed by atoms with Crippen LogP contribution < -0.4 is 27.0 Å². The van der Waals surface area contributed by atoms with Gasteiger partial charge in [0.05, 0.1) is 39.7 Å². The number of nitrogens with one attached hydrogen (secondary N) is 3. The van der Waals surface area contributed by atoms with Gasteiger partial charge >= 0.3 is 0 Å². The number of methoxy groups -OCH3 is 1. The third-order valence-corrected chi connectivity index (χ3v) is 4.62. The molecule has 2 aromatic carbocycles. The van der Waals surface area contributed by atoms with Crippen LogP contribution in [0.1, 0.15) is 0 Å². The summed E-state index contributed by atoms with van der Waals surface area (Å²) in [5.41, 5.74) is -1.56. The van der Waals surface area contributed by atoms with Crippen LogP contribution in [0.15, 0.2) is 37.4 Å². The summed E-state index contributed by atoms with van der Waals surface area (Å²) in [5, 5.41) is 1.19. The Hall–Kier alpha value is -3.68. The van der Waals surface area contributed by atoms with Gasteiger partial charge in [-0.15, -0.1) is 0 Å². The van der Waals surface area contributed by atoms with Crippen LogP contribution in [0, 0.1) is 0 Å². The minimum atomic E-state index is -0.681. The molecule has 0 spiro atoms. The molecule has 0 aliphatic heterocycles. The fourth-order valence-electron chi connectivity index (χ4n) is 3.62. The van der Waals surface area contributed by atoms with Crippen LogP contribution in [0.4, 0.5) is 0 Å². The summed E-state index contributed by atoms with van der Waals surface area (Å²) in [6.45, 7) is 0. The fraction of sp³-hybridized carbons (Fsp3) is 0.0588. The lowest BCUT2D eigenvalue weighted by atomic mass is 10.0. The lowest BCUT2D eigenvalue weighted by Crippen LogP contribution is -2.08. The van der Waals surface area contributed by atoms with Gasteiger partial charge in [0.2, 0.25) is 0 Å². The van der Waals surface area contributed by atoms with E-state index in [0.717, 1.165) is 0 Å². The normalized spacial score (nSPS) is 12.0. The van der Waals surface area contributed by atoms with E-state index in [9.17, 15) is 19.2 Å². The Balaban J connectivity index is 2.28. The van der Waals surface area contributed by atoms with Crippen molar-refractivity contribution in [1.29, 1.82) is 0 Å². The lowest BCUT2D eigenvalue weighted by Gasteiger charge is -1.98. The maximum absolute atomic E-state index is 12.4. The zero-order valence-electron chi connectivity index (χ0n) is 12.8. The predicted molar refractivity (Wildman–Crippen MR) is 93.5 cm³/mol. The number of aromatic amines is 3. The van der Waals surface area contributed by atoms with Crippen molar-refractivity contribution in [2.75, 3.05) is 7.11 Å². The van der Waals surface area contributed by atoms with Crippen LogP contribution in [0.3, 0.4) is 0 Å². The molecule has 3 aromatic heterocycles. The fourth-order valence-corrected chi connectivity index (χ4v) is 3.62. The van der Waals surface area contributed by atoms with Crippen LogP contribution in [0.25, 0.3) is 43.4 Å². The highest BCUT2D eigenvalue weighted by atomic mass is 16.5. The van der Waals surface area contributed by atoms with Crippen molar-refractivity contribution in [3.8, 4) is 5.75 Å². The van der Waals surface area contributed by atoms with Crippen molar-refractivity contribution < 1.29 is 4.74 Å². The van der Waals surface area contributed by atoms with E-state index in [2.05, 4.69) is 15.0 Å². The van der Waals surface area contributed by atoms with E-state index in [1.54, 1.807) is 18.2 Å². The van der Waals surface area contributed by atoms with E-state index in [4.69, 9.17) is 4.74 Å². The molecule has 0 aliphatic carbocycles. The number of hydrogen-bond donors (Lipinski definition) is 3. The van der Waals surface area contributed by atoms with Crippen LogP contribution in [0.2, 0.25) is 0 Å². The molecule has 0 unspecified atom stereocenters. The summed E-state index contributed by atoms with van der Waals surface area (Å²) in [5.74, 6) is 0.591. The standard InChI is InChI=1S/C17H9N3O5/c1-25-5-2-3-6-7(4-5)18-13-8(6)9-10(15(22)19-14(9)21)11-12(13)17(24)20-16(11)23/h2-4,18H,1H3,(H,19,21,22)(H,20,23,24). The monoisotopic (exact) mass is 335 g/mol. The van der Waals surface area contributed by atoms with Crippen LogP contribution in [-0.4, -0.2) is 22.1 Å². The lowest BCUT2D eigenvalue weighted by molar-refractivity contribution is 0.415. The molecule has 0 fully saturated rings. The Bertz CT molecular complexity index is 1560. The largest absolute Gasteiger partial charge is 0.497 e. The van der Waals surface area contributed by atoms with Gasteiger partial charge in [-0.05, 0) is 12.1 Å². The third-order valence-electron chi connectivity index (χ3n) is 4.62. The molecular formula is C17H9N3O5. The van der Waals surface area contributed by atoms with Gasteiger partial charge in [0.1, 0.15) is 5.75 Å². The molecule has 3 heterocycles. The van der Waals surface area contributed by atoms with Crippen molar-refractivity contribution in [1.82, 2.24) is 15.0 Å². The number of aromatic nitrogens is 3. The minimum Gasteiger partial charge on any atom is -0.497 e. The van der Waals surface area contributed by atoms with E-state index in [0.29, 0.717) is 27.6 Å². The number of ether oxygens (including phenoxy) is 1. The summed E-state index contributed by atoms with van der Waals surface area (Å²) in [6, 6.07) is 5.18. The Labute approximate surface area is 136 Å². The number of benzene rings is 2. The second-order valence-electron chi connectivity index (χ2n) is 5.85. The Morgan fingerprint density at radius 3 is 1.92 bits per heavy atom. The molecule has 0 saturated carbocycles. The molecule has 0 radical (unpaired) electrons. The summed E-state index contributed by atoms with van der Waals surface area (Å²) in [4.78, 5) is 56.6. The maximum atomic E-state index is 12.4. The summed E-state index contributed by atoms with van der Waals surface area (Å²) in [6.07, 6.45) is 0. The van der Waals surface area contributed by atoms with Crippen molar-refractivity contribution in [3.63, 3.8) is 0 Å². The molecule has 0 saturated heterocycles. The molecule has 8 nitrogen and oxygen atoms in total. The summed E-state index contributed by atoms with van der Waals surface area (Å²) in [7, 11) is 1.53. The van der Waals surface area contributed by atoms with Gasteiger partial charge in [0.25, 0.3) is 22.2 Å².